The fraction of sp³-hybridized carbons (Fsp3) is 0.458. The van der Waals surface area contributed by atoms with Gasteiger partial charge in [0, 0.05) is 38.4 Å². The van der Waals surface area contributed by atoms with Crippen LogP contribution in [0.4, 0.5) is 0 Å². The number of rotatable bonds is 6. The van der Waals surface area contributed by atoms with Gasteiger partial charge >= 0.3 is 0 Å². The highest BCUT2D eigenvalue weighted by atomic mass is 16.5. The Hall–Kier alpha value is -3.29. The van der Waals surface area contributed by atoms with Crippen LogP contribution in [0.15, 0.2) is 41.0 Å². The van der Waals surface area contributed by atoms with Crippen molar-refractivity contribution in [2.24, 2.45) is 0 Å². The molecule has 32 heavy (non-hydrogen) atoms. The van der Waals surface area contributed by atoms with Crippen LogP contribution in [0.5, 0.6) is 11.5 Å². The van der Waals surface area contributed by atoms with E-state index in [-0.39, 0.29) is 30.4 Å². The number of carbonyl (C=O) groups excluding carboxylic acids is 3. The summed E-state index contributed by atoms with van der Waals surface area (Å²) in [7, 11) is 1.56. The van der Waals surface area contributed by atoms with Crippen molar-refractivity contribution < 1.29 is 28.3 Å². The molecular weight excluding hydrogens is 412 g/mol. The first-order chi connectivity index (χ1) is 15.4. The third-order valence-corrected chi connectivity index (χ3v) is 6.32. The van der Waals surface area contributed by atoms with Gasteiger partial charge in [-0.3, -0.25) is 14.4 Å². The molecule has 2 aliphatic heterocycles. The number of methoxy groups -OCH3 is 1. The molecule has 8 heteroatoms. The lowest BCUT2D eigenvalue weighted by Gasteiger charge is -2.37. The summed E-state index contributed by atoms with van der Waals surface area (Å²) in [4.78, 5) is 39.9. The largest absolute Gasteiger partial charge is 0.497 e. The fourth-order valence-electron chi connectivity index (χ4n) is 4.40. The van der Waals surface area contributed by atoms with Gasteiger partial charge in [0.1, 0.15) is 28.9 Å². The van der Waals surface area contributed by atoms with E-state index in [0.717, 1.165) is 5.76 Å². The summed E-state index contributed by atoms with van der Waals surface area (Å²) in [6, 6.07) is 8.22. The van der Waals surface area contributed by atoms with Crippen LogP contribution in [0.1, 0.15) is 48.7 Å². The van der Waals surface area contributed by atoms with Gasteiger partial charge in [-0.05, 0) is 37.6 Å². The molecule has 0 aliphatic carbocycles. The maximum atomic E-state index is 12.8. The molecule has 4 rings (SSSR count). The fourth-order valence-corrected chi connectivity index (χ4v) is 4.40. The molecule has 2 atom stereocenters. The molecule has 2 unspecified atom stereocenters. The van der Waals surface area contributed by atoms with Crippen LogP contribution >= 0.6 is 0 Å². The van der Waals surface area contributed by atoms with Gasteiger partial charge in [-0.2, -0.15) is 0 Å². The van der Waals surface area contributed by atoms with Crippen LogP contribution in [0, 0.1) is 0 Å². The normalized spacial score (nSPS) is 21.5. The van der Waals surface area contributed by atoms with Crippen LogP contribution in [0.25, 0.3) is 0 Å². The summed E-state index contributed by atoms with van der Waals surface area (Å²) in [5, 5.41) is 2.87. The maximum Gasteiger partial charge on any atom is 0.242 e. The lowest BCUT2D eigenvalue weighted by atomic mass is 9.84. The van der Waals surface area contributed by atoms with E-state index in [0.29, 0.717) is 49.4 Å². The predicted octanol–water partition coefficient (Wildman–Crippen LogP) is 2.75. The Morgan fingerprint density at radius 1 is 1.28 bits per heavy atom. The quantitative estimate of drug-likeness (QED) is 0.742. The van der Waals surface area contributed by atoms with Crippen molar-refractivity contribution in [3.63, 3.8) is 0 Å². The van der Waals surface area contributed by atoms with Crippen molar-refractivity contribution >= 4 is 17.6 Å². The zero-order chi connectivity index (χ0) is 22.7. The molecule has 1 N–H and O–H groups in total. The standard InChI is InChI=1S/C24H28N2O6/c1-16(23(29)25-11-8-17-4-3-13-31-17)26-12-10-24(9-7-22(26)28)15-20(27)19-6-5-18(30-2)14-21(19)32-24/h3-6,13-14,16H,7-12,15H2,1-2H3,(H,25,29). The second kappa shape index (κ2) is 9.06. The average molecular weight is 440 g/mol. The van der Waals surface area contributed by atoms with E-state index in [1.165, 1.54) is 0 Å². The topological polar surface area (TPSA) is 98.1 Å². The lowest BCUT2D eigenvalue weighted by molar-refractivity contribution is -0.139. The van der Waals surface area contributed by atoms with Gasteiger partial charge in [-0.15, -0.1) is 0 Å². The van der Waals surface area contributed by atoms with Gasteiger partial charge in [0.2, 0.25) is 11.8 Å². The van der Waals surface area contributed by atoms with Crippen LogP contribution in [-0.4, -0.2) is 54.3 Å². The van der Waals surface area contributed by atoms with Gasteiger partial charge in [0.25, 0.3) is 0 Å². The molecule has 1 aromatic heterocycles. The van der Waals surface area contributed by atoms with E-state index >= 15 is 0 Å². The molecule has 0 saturated carbocycles. The number of amides is 2. The number of fused-ring (bicyclic) bond motifs is 1. The van der Waals surface area contributed by atoms with Gasteiger partial charge in [0.05, 0.1) is 25.4 Å². The van der Waals surface area contributed by atoms with Crippen LogP contribution < -0.4 is 14.8 Å². The SMILES string of the molecule is COc1ccc2c(c1)OC1(CCC(=O)N(C(C)C(=O)NCCc3ccco3)CC1)CC2=O. The summed E-state index contributed by atoms with van der Waals surface area (Å²) < 4.78 is 16.8. The number of Topliss-reactive ketones (excluding diaryl/α,β-unsaturated/α-hetero) is 1. The van der Waals surface area contributed by atoms with E-state index in [4.69, 9.17) is 13.9 Å². The molecule has 0 bridgehead atoms. The molecule has 1 aromatic carbocycles. The number of ketones is 1. The van der Waals surface area contributed by atoms with E-state index < -0.39 is 11.6 Å². The summed E-state index contributed by atoms with van der Waals surface area (Å²) in [5.74, 6) is 1.57. The molecular formula is C24H28N2O6. The van der Waals surface area contributed by atoms with Gasteiger partial charge < -0.3 is 24.1 Å². The zero-order valence-corrected chi connectivity index (χ0v) is 18.4. The van der Waals surface area contributed by atoms with Crippen molar-refractivity contribution in [1.29, 1.82) is 0 Å². The molecule has 2 aromatic rings. The van der Waals surface area contributed by atoms with Gasteiger partial charge in [-0.1, -0.05) is 0 Å². The second-order valence-corrected chi connectivity index (χ2v) is 8.38. The molecule has 1 saturated heterocycles. The van der Waals surface area contributed by atoms with Gasteiger partial charge in [0.15, 0.2) is 5.78 Å². The number of likely N-dealkylation sites (tertiary alicyclic amines) is 1. The highest BCUT2D eigenvalue weighted by Crippen LogP contribution is 2.41. The molecule has 170 valence electrons. The molecule has 1 fully saturated rings. The van der Waals surface area contributed by atoms with Crippen LogP contribution in [0.3, 0.4) is 0 Å². The Morgan fingerprint density at radius 2 is 2.12 bits per heavy atom. The van der Waals surface area contributed by atoms with E-state index in [1.54, 1.807) is 49.5 Å². The number of nitrogens with one attached hydrogen (secondary N) is 1. The number of nitrogens with zero attached hydrogens (tertiary/aromatic N) is 1. The minimum atomic E-state index is -0.754. The monoisotopic (exact) mass is 440 g/mol. The number of carbonyl (C=O) groups is 3. The number of hydrogen-bond acceptors (Lipinski definition) is 6. The van der Waals surface area contributed by atoms with Crippen molar-refractivity contribution in [3.8, 4) is 11.5 Å². The summed E-state index contributed by atoms with van der Waals surface area (Å²) in [6.07, 6.45) is 3.52. The average Bonchev–Trinajstić information content (AvgIpc) is 3.25. The highest BCUT2D eigenvalue weighted by molar-refractivity contribution is 6.00. The third kappa shape index (κ3) is 4.49. The van der Waals surface area contributed by atoms with Crippen molar-refractivity contribution in [3.05, 3.63) is 47.9 Å². The number of furan rings is 1. The number of ether oxygens (including phenoxy) is 2. The summed E-state index contributed by atoms with van der Waals surface area (Å²) in [5.41, 5.74) is -0.218. The minimum Gasteiger partial charge on any atom is -0.497 e. The predicted molar refractivity (Wildman–Crippen MR) is 116 cm³/mol. The summed E-state index contributed by atoms with van der Waals surface area (Å²) in [6.45, 7) is 2.50. The van der Waals surface area contributed by atoms with Crippen molar-refractivity contribution in [2.45, 2.75) is 50.7 Å². The van der Waals surface area contributed by atoms with E-state index in [2.05, 4.69) is 5.32 Å². The van der Waals surface area contributed by atoms with Crippen molar-refractivity contribution in [1.82, 2.24) is 10.2 Å². The maximum absolute atomic E-state index is 12.8. The highest BCUT2D eigenvalue weighted by Gasteiger charge is 2.44. The number of hydrogen-bond donors (Lipinski definition) is 1. The molecule has 0 radical (unpaired) electrons. The Morgan fingerprint density at radius 3 is 2.88 bits per heavy atom. The number of benzene rings is 1. The Labute approximate surface area is 186 Å². The van der Waals surface area contributed by atoms with Crippen LogP contribution in [-0.2, 0) is 16.0 Å². The smallest absolute Gasteiger partial charge is 0.242 e. The molecule has 1 spiro atoms. The Balaban J connectivity index is 1.41. The molecule has 2 amide bonds. The first-order valence-electron chi connectivity index (χ1n) is 10.9. The molecule has 2 aliphatic rings. The summed E-state index contributed by atoms with van der Waals surface area (Å²) >= 11 is 0. The zero-order valence-electron chi connectivity index (χ0n) is 18.4. The Kier molecular flexibility index (Phi) is 6.21. The molecule has 3 heterocycles. The first kappa shape index (κ1) is 21.9. The van der Waals surface area contributed by atoms with Gasteiger partial charge in [-0.25, -0.2) is 0 Å². The lowest BCUT2D eigenvalue weighted by Crippen LogP contribution is -2.49. The molecule has 8 nitrogen and oxygen atoms in total. The first-order valence-corrected chi connectivity index (χ1v) is 10.9. The second-order valence-electron chi connectivity index (χ2n) is 8.38. The van der Waals surface area contributed by atoms with E-state index in [9.17, 15) is 14.4 Å². The third-order valence-electron chi connectivity index (χ3n) is 6.32. The van der Waals surface area contributed by atoms with Crippen molar-refractivity contribution in [2.75, 3.05) is 20.2 Å². The van der Waals surface area contributed by atoms with Crippen LogP contribution in [0.2, 0.25) is 0 Å². The Bertz CT molecular complexity index is 1000. The van der Waals surface area contributed by atoms with E-state index in [1.807, 2.05) is 6.07 Å². The minimum absolute atomic E-state index is 0.00137.